The van der Waals surface area contributed by atoms with Gasteiger partial charge in [-0.1, -0.05) is 42.5 Å². The van der Waals surface area contributed by atoms with Gasteiger partial charge in [0.05, 0.1) is 6.07 Å². The summed E-state index contributed by atoms with van der Waals surface area (Å²) in [6.07, 6.45) is 2.17. The topological polar surface area (TPSA) is 60.1 Å². The molecule has 0 fully saturated rings. The molecule has 3 aromatic rings. The van der Waals surface area contributed by atoms with Crippen molar-refractivity contribution in [1.82, 2.24) is 4.90 Å². The summed E-state index contributed by atoms with van der Waals surface area (Å²) in [5.41, 5.74) is 3.44. The molecule has 1 aromatic carbocycles. The number of nitrogens with zero attached hydrogens (tertiary/aromatic N) is 2. The second-order valence-corrected chi connectivity index (χ2v) is 9.69. The molecule has 154 valence electrons. The van der Waals surface area contributed by atoms with Crippen molar-refractivity contribution in [3.05, 3.63) is 97.6 Å². The second-order valence-electron chi connectivity index (χ2n) is 7.74. The van der Waals surface area contributed by atoms with Crippen molar-refractivity contribution in [2.45, 2.75) is 12.5 Å². The molecule has 2 aromatic heterocycles. The molecule has 0 saturated heterocycles. The van der Waals surface area contributed by atoms with Crippen LogP contribution < -0.4 is 0 Å². The first kappa shape index (κ1) is 20.0. The Hall–Kier alpha value is -2.98. The number of thiophene rings is 2. The Bertz CT molecular complexity index is 1170. The van der Waals surface area contributed by atoms with Gasteiger partial charge in [0.2, 0.25) is 5.90 Å². The molecule has 2 aliphatic rings. The molecule has 1 N–H and O–H groups in total. The molecule has 0 radical (unpaired) electrons. The summed E-state index contributed by atoms with van der Waals surface area (Å²) in [7, 11) is 0. The van der Waals surface area contributed by atoms with Crippen molar-refractivity contribution in [1.29, 1.82) is 10.7 Å². The van der Waals surface area contributed by atoms with Crippen molar-refractivity contribution in [3.8, 4) is 6.07 Å². The third kappa shape index (κ3) is 4.00. The Morgan fingerprint density at radius 3 is 2.58 bits per heavy atom. The molecule has 6 heteroatoms. The van der Waals surface area contributed by atoms with Crippen LogP contribution in [0.2, 0.25) is 0 Å². The zero-order chi connectivity index (χ0) is 21.2. The van der Waals surface area contributed by atoms with E-state index < -0.39 is 5.92 Å². The fraction of sp³-hybridized carbons (Fsp3) is 0.200. The van der Waals surface area contributed by atoms with Gasteiger partial charge in [0.15, 0.2) is 0 Å². The predicted molar refractivity (Wildman–Crippen MR) is 126 cm³/mol. The standard InChI is InChI=1S/C25H21N3OS2/c26-13-20-23(22-9-5-11-31-22)21-16-28(14-17-6-2-1-3-7-17)15-18(24(21)29-25(20)27)12-19-8-4-10-30-19/h1-12,20,23,27H,14-16H2/b18-12+,27-25?. The molecule has 0 aliphatic carbocycles. The minimum atomic E-state index is -0.600. The summed E-state index contributed by atoms with van der Waals surface area (Å²) in [5, 5.41) is 22.4. The van der Waals surface area contributed by atoms with E-state index in [1.165, 1.54) is 5.56 Å². The molecular weight excluding hydrogens is 422 g/mol. The van der Waals surface area contributed by atoms with Gasteiger partial charge in [0.25, 0.3) is 0 Å². The lowest BCUT2D eigenvalue weighted by Gasteiger charge is -2.39. The maximum absolute atomic E-state index is 9.88. The number of rotatable bonds is 4. The Balaban J connectivity index is 1.60. The molecule has 4 heterocycles. The van der Waals surface area contributed by atoms with Crippen molar-refractivity contribution < 1.29 is 4.74 Å². The fourth-order valence-corrected chi connectivity index (χ4v) is 5.91. The third-order valence-electron chi connectivity index (χ3n) is 5.67. The highest BCUT2D eigenvalue weighted by molar-refractivity contribution is 7.10. The first-order valence-corrected chi connectivity index (χ1v) is 11.9. The highest BCUT2D eigenvalue weighted by atomic mass is 32.1. The SMILES string of the molecule is N#CC1C(=N)OC2=C(CN(Cc3ccccc3)C/C2=C\c2cccs2)C1c1cccs1. The van der Waals surface area contributed by atoms with Crippen molar-refractivity contribution in [2.24, 2.45) is 5.92 Å². The first-order valence-electron chi connectivity index (χ1n) is 10.2. The molecular formula is C25H21N3OS2. The van der Waals surface area contributed by atoms with E-state index in [1.807, 2.05) is 23.6 Å². The van der Waals surface area contributed by atoms with Gasteiger partial charge >= 0.3 is 0 Å². The third-order valence-corrected chi connectivity index (χ3v) is 7.45. The minimum Gasteiger partial charge on any atom is -0.442 e. The molecule has 2 unspecified atom stereocenters. The summed E-state index contributed by atoms with van der Waals surface area (Å²) in [6.45, 7) is 2.29. The average Bonchev–Trinajstić information content (AvgIpc) is 3.48. The van der Waals surface area contributed by atoms with Gasteiger partial charge in [-0.05, 0) is 40.1 Å². The van der Waals surface area contributed by atoms with E-state index in [9.17, 15) is 5.26 Å². The van der Waals surface area contributed by atoms with Gasteiger partial charge in [0, 0.05) is 40.9 Å². The zero-order valence-electron chi connectivity index (χ0n) is 16.8. The zero-order valence-corrected chi connectivity index (χ0v) is 18.5. The van der Waals surface area contributed by atoms with E-state index in [0.29, 0.717) is 0 Å². The monoisotopic (exact) mass is 443 g/mol. The van der Waals surface area contributed by atoms with E-state index in [1.54, 1.807) is 22.7 Å². The quantitative estimate of drug-likeness (QED) is 0.547. The molecule has 2 aliphatic heterocycles. The van der Waals surface area contributed by atoms with Gasteiger partial charge in [-0.25, -0.2) is 0 Å². The maximum atomic E-state index is 9.88. The number of nitrogens with one attached hydrogen (secondary N) is 1. The highest BCUT2D eigenvalue weighted by Gasteiger charge is 2.42. The Kier molecular flexibility index (Phi) is 5.56. The highest BCUT2D eigenvalue weighted by Crippen LogP contribution is 2.45. The molecule has 4 nitrogen and oxygen atoms in total. The Morgan fingerprint density at radius 2 is 1.87 bits per heavy atom. The second kappa shape index (κ2) is 8.64. The van der Waals surface area contributed by atoms with Crippen LogP contribution in [0, 0.1) is 22.7 Å². The molecule has 31 heavy (non-hydrogen) atoms. The smallest absolute Gasteiger partial charge is 0.205 e. The lowest BCUT2D eigenvalue weighted by Crippen LogP contribution is -2.41. The largest absolute Gasteiger partial charge is 0.442 e. The lowest BCUT2D eigenvalue weighted by atomic mass is 9.79. The Labute approximate surface area is 189 Å². The number of hydrogen-bond acceptors (Lipinski definition) is 6. The van der Waals surface area contributed by atoms with E-state index >= 15 is 0 Å². The fourth-order valence-electron chi connectivity index (χ4n) is 4.33. The summed E-state index contributed by atoms with van der Waals surface area (Å²) in [4.78, 5) is 4.68. The van der Waals surface area contributed by atoms with E-state index in [0.717, 1.165) is 46.3 Å². The number of ether oxygens (including phenoxy) is 1. The summed E-state index contributed by atoms with van der Waals surface area (Å²) in [5.74, 6) is 0.0875. The van der Waals surface area contributed by atoms with E-state index in [4.69, 9.17) is 10.1 Å². The summed E-state index contributed by atoms with van der Waals surface area (Å²) >= 11 is 3.33. The van der Waals surface area contributed by atoms with Crippen molar-refractivity contribution in [3.63, 3.8) is 0 Å². The summed E-state index contributed by atoms with van der Waals surface area (Å²) < 4.78 is 6.04. The lowest BCUT2D eigenvalue weighted by molar-refractivity contribution is 0.250. The normalized spacial score (nSPS) is 22.8. The molecule has 0 amide bonds. The number of nitriles is 1. The number of hydrogen-bond donors (Lipinski definition) is 1. The Morgan fingerprint density at radius 1 is 1.06 bits per heavy atom. The molecule has 0 bridgehead atoms. The van der Waals surface area contributed by atoms with Crippen LogP contribution in [0.5, 0.6) is 0 Å². The van der Waals surface area contributed by atoms with Crippen LogP contribution in [-0.2, 0) is 11.3 Å². The van der Waals surface area contributed by atoms with Gasteiger partial charge in [0.1, 0.15) is 11.7 Å². The van der Waals surface area contributed by atoms with Gasteiger partial charge in [-0.15, -0.1) is 22.7 Å². The molecule has 5 rings (SSSR count). The van der Waals surface area contributed by atoms with Gasteiger partial charge in [-0.2, -0.15) is 5.26 Å². The van der Waals surface area contributed by atoms with E-state index in [2.05, 4.69) is 58.8 Å². The van der Waals surface area contributed by atoms with Crippen molar-refractivity contribution >= 4 is 34.6 Å². The molecule has 2 atom stereocenters. The van der Waals surface area contributed by atoms with Crippen LogP contribution in [0.25, 0.3) is 6.08 Å². The van der Waals surface area contributed by atoms with Gasteiger partial charge < -0.3 is 4.74 Å². The van der Waals surface area contributed by atoms with Crippen molar-refractivity contribution in [2.75, 3.05) is 13.1 Å². The van der Waals surface area contributed by atoms with Crippen LogP contribution in [-0.4, -0.2) is 23.9 Å². The predicted octanol–water partition coefficient (Wildman–Crippen LogP) is 5.89. The van der Waals surface area contributed by atoms with Crippen LogP contribution in [0.4, 0.5) is 0 Å². The van der Waals surface area contributed by atoms with Crippen LogP contribution >= 0.6 is 22.7 Å². The van der Waals surface area contributed by atoms with E-state index in [-0.39, 0.29) is 11.8 Å². The molecule has 0 spiro atoms. The van der Waals surface area contributed by atoms with Gasteiger partial charge in [-0.3, -0.25) is 10.3 Å². The minimum absolute atomic E-state index is 0.0493. The summed E-state index contributed by atoms with van der Waals surface area (Å²) in [6, 6.07) is 21.0. The van der Waals surface area contributed by atoms with Crippen LogP contribution in [0.1, 0.15) is 21.2 Å². The number of benzene rings is 1. The van der Waals surface area contributed by atoms with Crippen LogP contribution in [0.15, 0.2) is 82.3 Å². The molecule has 0 saturated carbocycles. The average molecular weight is 444 g/mol. The first-order chi connectivity index (χ1) is 15.2. The maximum Gasteiger partial charge on any atom is 0.205 e. The van der Waals surface area contributed by atoms with Crippen LogP contribution in [0.3, 0.4) is 0 Å².